The molecule has 2 aliphatic rings. The van der Waals surface area contributed by atoms with Gasteiger partial charge in [-0.3, -0.25) is 4.79 Å². The van der Waals surface area contributed by atoms with Gasteiger partial charge in [0.25, 0.3) is 0 Å². The third-order valence-corrected chi connectivity index (χ3v) is 9.17. The molecule has 2 heterocycles. The van der Waals surface area contributed by atoms with Crippen LogP contribution in [0.15, 0.2) is 72.4 Å². The normalized spacial score (nSPS) is 29.5. The summed E-state index contributed by atoms with van der Waals surface area (Å²) >= 11 is 0. The van der Waals surface area contributed by atoms with Crippen molar-refractivity contribution < 1.29 is 50.0 Å². The summed E-state index contributed by atoms with van der Waals surface area (Å²) in [5, 5.41) is 73.1. The summed E-state index contributed by atoms with van der Waals surface area (Å²) in [6.45, 7) is 8.75. The number of ketones is 1. The summed E-state index contributed by atoms with van der Waals surface area (Å²) in [5.41, 5.74) is 0.696. The Kier molecular flexibility index (Phi) is 19.1. The van der Waals surface area contributed by atoms with E-state index < -0.39 is 60.5 Å². The molecule has 0 aromatic carbocycles. The highest BCUT2D eigenvalue weighted by atomic mass is 16.7. The lowest BCUT2D eigenvalue weighted by Crippen LogP contribution is -2.54. The van der Waals surface area contributed by atoms with E-state index in [1.165, 1.54) is 6.92 Å². The molecule has 0 unspecified atom stereocenters. The van der Waals surface area contributed by atoms with E-state index in [1.54, 1.807) is 32.1 Å². The van der Waals surface area contributed by atoms with Gasteiger partial charge in [0.1, 0.15) is 0 Å². The SMILES string of the molecule is CC(=O)/C(C)=C/C=C/C=C/C=C/C=C/C[C@@H]1C[C@H](O)C[C@@]2(C[C@H](O)C[C@H](/C=C/C[C@@H](O)C[C@@H](O)C[C@H](O)C[C@H](O)[C@H](C)[C@@H](O)C(C)C)O2)O1. The monoisotopic (exact) mass is 690 g/mol. The third-order valence-electron chi connectivity index (χ3n) is 9.17. The first kappa shape index (κ1) is 42.9. The summed E-state index contributed by atoms with van der Waals surface area (Å²) in [6.07, 6.45) is 15.9. The van der Waals surface area contributed by atoms with Crippen LogP contribution in [0.25, 0.3) is 0 Å². The Morgan fingerprint density at radius 3 is 1.96 bits per heavy atom. The van der Waals surface area contributed by atoms with Gasteiger partial charge in [-0.1, -0.05) is 87.6 Å². The molecule has 10 nitrogen and oxygen atoms in total. The summed E-state index contributed by atoms with van der Waals surface area (Å²) in [6, 6.07) is 0. The summed E-state index contributed by atoms with van der Waals surface area (Å²) < 4.78 is 12.6. The van der Waals surface area contributed by atoms with Crippen molar-refractivity contribution in [3.05, 3.63) is 72.4 Å². The van der Waals surface area contributed by atoms with Crippen LogP contribution < -0.4 is 0 Å². The van der Waals surface area contributed by atoms with E-state index in [1.807, 2.05) is 62.5 Å². The minimum atomic E-state index is -1.12. The minimum Gasteiger partial charge on any atom is -0.393 e. The van der Waals surface area contributed by atoms with E-state index >= 15 is 0 Å². The number of carbonyl (C=O) groups excluding carboxylic acids is 1. The quantitative estimate of drug-likeness (QED) is 0.0593. The Hall–Kier alpha value is -2.25. The molecule has 0 saturated carbocycles. The smallest absolute Gasteiger partial charge is 0.174 e. The van der Waals surface area contributed by atoms with Crippen LogP contribution in [-0.2, 0) is 14.3 Å². The molecule has 0 amide bonds. The molecule has 10 heteroatoms. The number of aliphatic hydroxyl groups excluding tert-OH is 7. The second-order valence-corrected chi connectivity index (χ2v) is 14.2. The van der Waals surface area contributed by atoms with Crippen molar-refractivity contribution in [2.75, 3.05) is 0 Å². The molecule has 278 valence electrons. The largest absolute Gasteiger partial charge is 0.393 e. The molecule has 0 radical (unpaired) electrons. The molecule has 0 bridgehead atoms. The average Bonchev–Trinajstić information content (AvgIpc) is 2.99. The zero-order valence-electron chi connectivity index (χ0n) is 29.9. The molecular formula is C39H62O10. The van der Waals surface area contributed by atoms with Gasteiger partial charge in [-0.25, -0.2) is 0 Å². The second-order valence-electron chi connectivity index (χ2n) is 14.2. The van der Waals surface area contributed by atoms with Gasteiger partial charge in [0.2, 0.25) is 0 Å². The van der Waals surface area contributed by atoms with Crippen molar-refractivity contribution in [2.45, 2.75) is 153 Å². The van der Waals surface area contributed by atoms with Gasteiger partial charge in [0.15, 0.2) is 11.6 Å². The predicted octanol–water partition coefficient (Wildman–Crippen LogP) is 4.13. The van der Waals surface area contributed by atoms with E-state index in [2.05, 4.69) is 0 Å². The number of hydrogen-bond acceptors (Lipinski definition) is 10. The van der Waals surface area contributed by atoms with Gasteiger partial charge in [0, 0.05) is 31.6 Å². The van der Waals surface area contributed by atoms with Gasteiger partial charge in [-0.15, -0.1) is 0 Å². The number of rotatable bonds is 19. The second kappa shape index (κ2) is 21.9. The first-order chi connectivity index (χ1) is 23.1. The van der Waals surface area contributed by atoms with E-state index in [-0.39, 0.29) is 56.3 Å². The number of aliphatic hydroxyl groups is 7. The number of allylic oxidation sites excluding steroid dienone is 9. The highest BCUT2D eigenvalue weighted by Gasteiger charge is 2.47. The van der Waals surface area contributed by atoms with Crippen LogP contribution in [0, 0.1) is 11.8 Å². The maximum absolute atomic E-state index is 11.2. The fourth-order valence-corrected chi connectivity index (χ4v) is 6.28. The highest BCUT2D eigenvalue weighted by molar-refractivity contribution is 5.92. The topological polar surface area (TPSA) is 177 Å². The Morgan fingerprint density at radius 1 is 0.755 bits per heavy atom. The van der Waals surface area contributed by atoms with Crippen LogP contribution in [0.1, 0.15) is 92.4 Å². The molecule has 11 atom stereocenters. The molecule has 2 aliphatic heterocycles. The number of carbonyl (C=O) groups is 1. The molecule has 0 aliphatic carbocycles. The summed E-state index contributed by atoms with van der Waals surface area (Å²) in [5.74, 6) is -1.53. The molecular weight excluding hydrogens is 628 g/mol. The van der Waals surface area contributed by atoms with Gasteiger partial charge >= 0.3 is 0 Å². The number of ether oxygens (including phenoxy) is 2. The van der Waals surface area contributed by atoms with E-state index in [9.17, 15) is 40.5 Å². The minimum absolute atomic E-state index is 0.00841. The standard InChI is InChI=1S/C39H62O10/c1-26(2)38(47)28(4)37(46)23-32(43)20-31(42)19-30(41)16-14-18-36-22-34(45)25-39(49-36)24-33(44)21-35(48-39)17-13-11-9-7-6-8-10-12-15-27(3)29(5)40/h6-15,18,26,28,30-38,41-47H,16-17,19-25H2,1-5H3/b8-6+,9-7+,12-10+,13-11+,18-14+,27-15+/t28-,30+,31+,32-,33-,34+,35+,36-,37-,38-,39+/m0/s1. The molecule has 0 aromatic rings. The molecule has 2 rings (SSSR count). The van der Waals surface area contributed by atoms with Crippen molar-refractivity contribution in [3.8, 4) is 0 Å². The van der Waals surface area contributed by atoms with Crippen LogP contribution in [0.3, 0.4) is 0 Å². The third kappa shape index (κ3) is 16.5. The summed E-state index contributed by atoms with van der Waals surface area (Å²) in [7, 11) is 0. The molecule has 49 heavy (non-hydrogen) atoms. The van der Waals surface area contributed by atoms with Crippen LogP contribution in [0.4, 0.5) is 0 Å². The number of Topliss-reactive ketones (excluding diaryl/α,β-unsaturated/α-hetero) is 1. The highest BCUT2D eigenvalue weighted by Crippen LogP contribution is 2.40. The lowest BCUT2D eigenvalue weighted by molar-refractivity contribution is -0.331. The fourth-order valence-electron chi connectivity index (χ4n) is 6.28. The van der Waals surface area contributed by atoms with Gasteiger partial charge in [-0.05, 0) is 57.4 Å². The Morgan fingerprint density at radius 2 is 1.33 bits per heavy atom. The molecule has 0 aromatic heterocycles. The van der Waals surface area contributed by atoms with Gasteiger partial charge < -0.3 is 45.2 Å². The van der Waals surface area contributed by atoms with Crippen molar-refractivity contribution in [3.63, 3.8) is 0 Å². The zero-order valence-corrected chi connectivity index (χ0v) is 29.9. The van der Waals surface area contributed by atoms with Gasteiger partial charge in [-0.2, -0.15) is 0 Å². The van der Waals surface area contributed by atoms with Crippen molar-refractivity contribution in [1.29, 1.82) is 0 Å². The lowest BCUT2D eigenvalue weighted by Gasteiger charge is -2.48. The number of hydrogen-bond donors (Lipinski definition) is 7. The maximum atomic E-state index is 11.2. The van der Waals surface area contributed by atoms with Crippen molar-refractivity contribution in [2.24, 2.45) is 11.8 Å². The van der Waals surface area contributed by atoms with Crippen LogP contribution in [0.2, 0.25) is 0 Å². The van der Waals surface area contributed by atoms with Gasteiger partial charge in [0.05, 0.1) is 54.9 Å². The van der Waals surface area contributed by atoms with Crippen LogP contribution in [-0.4, -0.2) is 102 Å². The Labute approximate surface area is 292 Å². The van der Waals surface area contributed by atoms with Crippen molar-refractivity contribution >= 4 is 5.78 Å². The lowest BCUT2D eigenvalue weighted by atomic mass is 9.87. The molecule has 2 saturated heterocycles. The maximum Gasteiger partial charge on any atom is 0.174 e. The average molecular weight is 691 g/mol. The molecule has 1 spiro atoms. The van der Waals surface area contributed by atoms with Crippen molar-refractivity contribution in [1.82, 2.24) is 0 Å². The molecule has 2 fully saturated rings. The first-order valence-electron chi connectivity index (χ1n) is 17.7. The Bertz CT molecular complexity index is 1150. The van der Waals surface area contributed by atoms with E-state index in [0.29, 0.717) is 24.8 Å². The zero-order chi connectivity index (χ0) is 36.6. The van der Waals surface area contributed by atoms with E-state index in [0.717, 1.165) is 0 Å². The van der Waals surface area contributed by atoms with E-state index in [4.69, 9.17) is 9.47 Å². The summed E-state index contributed by atoms with van der Waals surface area (Å²) in [4.78, 5) is 11.2. The fraction of sp³-hybridized carbons (Fsp3) is 0.667. The Balaban J connectivity index is 1.82. The predicted molar refractivity (Wildman–Crippen MR) is 190 cm³/mol. The van der Waals surface area contributed by atoms with Crippen LogP contribution in [0.5, 0.6) is 0 Å². The van der Waals surface area contributed by atoms with Crippen LogP contribution >= 0.6 is 0 Å². The molecule has 7 N–H and O–H groups in total. The first-order valence-corrected chi connectivity index (χ1v) is 17.7.